The van der Waals surface area contributed by atoms with Crippen LogP contribution in [0.3, 0.4) is 0 Å². The van der Waals surface area contributed by atoms with Crippen molar-refractivity contribution < 1.29 is 4.74 Å². The molecule has 0 atom stereocenters. The van der Waals surface area contributed by atoms with Crippen LogP contribution in [0.15, 0.2) is 78.4 Å². The molecule has 0 fully saturated rings. The molecular weight excluding hydrogens is 382 g/mol. The Morgan fingerprint density at radius 2 is 1.62 bits per heavy atom. The third kappa shape index (κ3) is 5.03. The molecule has 4 aromatic rings. The number of nitrogens with two attached hydrogens (primary N) is 1. The number of nitrogen functional groups attached to an aromatic ring is 1. The molecule has 146 valence electrons. The maximum atomic E-state index is 6.25. The molecule has 0 radical (unpaired) electrons. The predicted molar refractivity (Wildman–Crippen MR) is 119 cm³/mol. The molecule has 0 spiro atoms. The highest BCUT2D eigenvalue weighted by molar-refractivity contribution is 7.09. The summed E-state index contributed by atoms with van der Waals surface area (Å²) in [6, 6.07) is 21.5. The minimum atomic E-state index is 0.489. The van der Waals surface area contributed by atoms with Crippen molar-refractivity contribution in [3.05, 3.63) is 83.3 Å². The van der Waals surface area contributed by atoms with Crippen LogP contribution in [0.25, 0.3) is 0 Å². The highest BCUT2D eigenvalue weighted by atomic mass is 32.1. The van der Waals surface area contributed by atoms with Crippen LogP contribution in [-0.4, -0.2) is 16.5 Å². The number of hydrogen-bond donors (Lipinski definition) is 3. The molecule has 29 heavy (non-hydrogen) atoms. The molecule has 2 aromatic heterocycles. The summed E-state index contributed by atoms with van der Waals surface area (Å²) in [5.41, 5.74) is 7.60. The molecule has 2 heterocycles. The lowest BCUT2D eigenvalue weighted by molar-refractivity contribution is 0.483. The van der Waals surface area contributed by atoms with Crippen molar-refractivity contribution in [2.75, 3.05) is 22.9 Å². The van der Waals surface area contributed by atoms with Gasteiger partial charge in [-0.1, -0.05) is 24.3 Å². The van der Waals surface area contributed by atoms with E-state index in [9.17, 15) is 0 Å². The van der Waals surface area contributed by atoms with E-state index in [0.717, 1.165) is 30.2 Å². The van der Waals surface area contributed by atoms with Crippen molar-refractivity contribution in [3.8, 4) is 11.5 Å². The average molecular weight is 404 g/mol. The Hall–Kier alpha value is -3.58. The molecule has 0 amide bonds. The first-order valence-corrected chi connectivity index (χ1v) is 10.1. The Morgan fingerprint density at radius 3 is 2.38 bits per heavy atom. The van der Waals surface area contributed by atoms with E-state index in [1.54, 1.807) is 11.3 Å². The van der Waals surface area contributed by atoms with E-state index >= 15 is 0 Å². The second kappa shape index (κ2) is 9.07. The van der Waals surface area contributed by atoms with E-state index in [-0.39, 0.29) is 0 Å². The Balaban J connectivity index is 1.38. The van der Waals surface area contributed by atoms with Crippen LogP contribution in [0.5, 0.6) is 11.5 Å². The largest absolute Gasteiger partial charge is 0.457 e. The van der Waals surface area contributed by atoms with Gasteiger partial charge < -0.3 is 21.1 Å². The molecule has 0 saturated heterocycles. The monoisotopic (exact) mass is 403 g/mol. The lowest BCUT2D eigenvalue weighted by Crippen LogP contribution is -2.10. The lowest BCUT2D eigenvalue weighted by atomic mass is 10.3. The van der Waals surface area contributed by atoms with Crippen molar-refractivity contribution in [2.45, 2.75) is 6.42 Å². The van der Waals surface area contributed by atoms with Gasteiger partial charge in [-0.2, -0.15) is 0 Å². The highest BCUT2D eigenvalue weighted by Gasteiger charge is 2.08. The second-order valence-corrected chi connectivity index (χ2v) is 7.34. The molecule has 0 unspecified atom stereocenters. The van der Waals surface area contributed by atoms with Crippen LogP contribution >= 0.6 is 11.3 Å². The van der Waals surface area contributed by atoms with Crippen LogP contribution < -0.4 is 21.1 Å². The van der Waals surface area contributed by atoms with Crippen molar-refractivity contribution in [1.29, 1.82) is 0 Å². The number of anilines is 4. The summed E-state index contributed by atoms with van der Waals surface area (Å²) in [6.45, 7) is 0.757. The zero-order valence-electron chi connectivity index (χ0n) is 15.7. The van der Waals surface area contributed by atoms with E-state index < -0.39 is 0 Å². The number of nitrogens with one attached hydrogen (secondary N) is 2. The summed E-state index contributed by atoms with van der Waals surface area (Å²) >= 11 is 1.74. The molecule has 0 bridgehead atoms. The van der Waals surface area contributed by atoms with Crippen LogP contribution in [0.1, 0.15) is 4.88 Å². The summed E-state index contributed by atoms with van der Waals surface area (Å²) < 4.78 is 5.81. The smallest absolute Gasteiger partial charge is 0.159 e. The van der Waals surface area contributed by atoms with E-state index in [1.165, 1.54) is 11.2 Å². The van der Waals surface area contributed by atoms with E-state index in [0.29, 0.717) is 17.3 Å². The Labute approximate surface area is 173 Å². The van der Waals surface area contributed by atoms with Gasteiger partial charge in [0, 0.05) is 17.1 Å². The Morgan fingerprint density at radius 1 is 0.862 bits per heavy atom. The predicted octanol–water partition coefficient (Wildman–Crippen LogP) is 5.31. The number of para-hydroxylation sites is 1. The first kappa shape index (κ1) is 18.8. The fourth-order valence-electron chi connectivity index (χ4n) is 2.76. The Kier molecular flexibility index (Phi) is 5.87. The minimum Gasteiger partial charge on any atom is -0.457 e. The molecule has 0 aliphatic heterocycles. The second-order valence-electron chi connectivity index (χ2n) is 6.31. The summed E-state index contributed by atoms with van der Waals surface area (Å²) in [5.74, 6) is 2.75. The lowest BCUT2D eigenvalue weighted by Gasteiger charge is -2.13. The molecular formula is C22H21N5OS. The summed E-state index contributed by atoms with van der Waals surface area (Å²) in [5, 5.41) is 8.60. The first-order chi connectivity index (χ1) is 14.3. The number of aromatic nitrogens is 2. The van der Waals surface area contributed by atoms with E-state index in [2.05, 4.69) is 38.1 Å². The van der Waals surface area contributed by atoms with Gasteiger partial charge >= 0.3 is 0 Å². The topological polar surface area (TPSA) is 85.1 Å². The maximum absolute atomic E-state index is 6.25. The number of nitrogens with zero attached hydrogens (tertiary/aromatic N) is 2. The molecule has 6 nitrogen and oxygen atoms in total. The molecule has 2 aromatic carbocycles. The zero-order chi connectivity index (χ0) is 19.9. The van der Waals surface area contributed by atoms with Gasteiger partial charge in [-0.05, 0) is 54.3 Å². The number of ether oxygens (including phenoxy) is 1. The molecule has 0 aliphatic carbocycles. The van der Waals surface area contributed by atoms with Gasteiger partial charge in [0.05, 0.1) is 0 Å². The Bertz CT molecular complexity index is 1040. The van der Waals surface area contributed by atoms with Crippen LogP contribution in [0, 0.1) is 0 Å². The van der Waals surface area contributed by atoms with Crippen molar-refractivity contribution >= 4 is 34.3 Å². The number of rotatable bonds is 8. The van der Waals surface area contributed by atoms with Gasteiger partial charge in [0.15, 0.2) is 11.6 Å². The van der Waals surface area contributed by atoms with Crippen molar-refractivity contribution in [2.24, 2.45) is 0 Å². The van der Waals surface area contributed by atoms with E-state index in [4.69, 9.17) is 10.5 Å². The van der Waals surface area contributed by atoms with Crippen molar-refractivity contribution in [1.82, 2.24) is 9.97 Å². The summed E-state index contributed by atoms with van der Waals surface area (Å²) in [4.78, 5) is 9.84. The zero-order valence-corrected chi connectivity index (χ0v) is 16.5. The number of thiophene rings is 1. The molecule has 7 heteroatoms. The van der Waals surface area contributed by atoms with Gasteiger partial charge in [-0.15, -0.1) is 11.3 Å². The third-order valence-electron chi connectivity index (χ3n) is 4.22. The quantitative estimate of drug-likeness (QED) is 0.370. The molecule has 4 N–H and O–H groups in total. The molecule has 0 aliphatic rings. The number of benzene rings is 2. The maximum Gasteiger partial charge on any atom is 0.159 e. The standard InChI is InChI=1S/C22H21N5OS/c23-20-21(24-13-12-19-7-4-14-29-19)25-15-26-22(20)27-16-8-10-18(11-9-16)28-17-5-2-1-3-6-17/h1-11,14-15H,12-13,23H2,(H2,24,25,26,27). The average Bonchev–Trinajstić information content (AvgIpc) is 3.26. The van der Waals surface area contributed by atoms with Gasteiger partial charge in [0.25, 0.3) is 0 Å². The van der Waals surface area contributed by atoms with E-state index in [1.807, 2.05) is 54.6 Å². The van der Waals surface area contributed by atoms with Gasteiger partial charge in [0.1, 0.15) is 23.5 Å². The van der Waals surface area contributed by atoms with Crippen molar-refractivity contribution in [3.63, 3.8) is 0 Å². The summed E-state index contributed by atoms with van der Waals surface area (Å²) in [7, 11) is 0. The van der Waals surface area contributed by atoms with Crippen LogP contribution in [0.2, 0.25) is 0 Å². The van der Waals surface area contributed by atoms with Gasteiger partial charge in [0.2, 0.25) is 0 Å². The highest BCUT2D eigenvalue weighted by Crippen LogP contribution is 2.28. The fourth-order valence-corrected chi connectivity index (χ4v) is 3.47. The summed E-state index contributed by atoms with van der Waals surface area (Å²) in [6.07, 6.45) is 2.42. The van der Waals surface area contributed by atoms with Gasteiger partial charge in [-0.25, -0.2) is 9.97 Å². The molecule has 0 saturated carbocycles. The fraction of sp³-hybridized carbons (Fsp3) is 0.0909. The first-order valence-electron chi connectivity index (χ1n) is 9.24. The number of hydrogen-bond acceptors (Lipinski definition) is 7. The SMILES string of the molecule is Nc1c(NCCc2cccs2)ncnc1Nc1ccc(Oc2ccccc2)cc1. The van der Waals surface area contributed by atoms with Crippen LogP contribution in [-0.2, 0) is 6.42 Å². The normalized spacial score (nSPS) is 10.5. The molecule has 4 rings (SSSR count). The van der Waals surface area contributed by atoms with Crippen LogP contribution in [0.4, 0.5) is 23.0 Å². The third-order valence-corrected chi connectivity index (χ3v) is 5.16. The minimum absolute atomic E-state index is 0.489. The van der Waals surface area contributed by atoms with Gasteiger partial charge in [-0.3, -0.25) is 0 Å².